The summed E-state index contributed by atoms with van der Waals surface area (Å²) in [4.78, 5) is -0.272. The van der Waals surface area contributed by atoms with Gasteiger partial charge < -0.3 is 16.2 Å². The van der Waals surface area contributed by atoms with Crippen molar-refractivity contribution in [1.29, 1.82) is 0 Å². The molecule has 1 aromatic carbocycles. The van der Waals surface area contributed by atoms with Crippen LogP contribution in [0.3, 0.4) is 0 Å². The highest BCUT2D eigenvalue weighted by atomic mass is 32.2. The maximum Gasteiger partial charge on any atom is 0.294 e. The number of nitrogens with two attached hydrogens (primary N) is 2. The molecule has 41 heavy (non-hydrogen) atoms. The molecule has 228 valence electrons. The van der Waals surface area contributed by atoms with Crippen LogP contribution in [0.1, 0.15) is 65.4 Å². The highest BCUT2D eigenvalue weighted by molar-refractivity contribution is 7.86. The molecule has 2 aliphatic carbocycles. The molecule has 0 spiro atoms. The first-order valence-corrected chi connectivity index (χ1v) is 17.2. The van der Waals surface area contributed by atoms with Crippen LogP contribution in [0.4, 0.5) is 0 Å². The molecule has 0 aliphatic heterocycles. The summed E-state index contributed by atoms with van der Waals surface area (Å²) in [6.07, 6.45) is 14.8. The molecule has 0 saturated heterocycles. The minimum absolute atomic E-state index is 0.00722. The summed E-state index contributed by atoms with van der Waals surface area (Å²) in [5.74, 6) is -0.493. The first-order valence-electron chi connectivity index (χ1n) is 14.1. The number of hydrogen-bond donors (Lipinski definition) is 4. The van der Waals surface area contributed by atoms with Crippen molar-refractivity contribution in [1.82, 2.24) is 0 Å². The lowest BCUT2D eigenvalue weighted by atomic mass is 9.47. The van der Waals surface area contributed by atoms with E-state index in [0.29, 0.717) is 18.4 Å². The predicted molar refractivity (Wildman–Crippen MR) is 161 cm³/mol. The molecule has 1 aromatic rings. The van der Waals surface area contributed by atoms with Gasteiger partial charge in [-0.25, -0.2) is 0 Å². The Kier molecular flexibility index (Phi) is 10.3. The Morgan fingerprint density at radius 2 is 1.29 bits per heavy atom. The van der Waals surface area contributed by atoms with Gasteiger partial charge in [-0.1, -0.05) is 87.4 Å². The van der Waals surface area contributed by atoms with Crippen molar-refractivity contribution in [3.05, 3.63) is 77.4 Å². The lowest BCUT2D eigenvalue weighted by Gasteiger charge is -2.62. The quantitative estimate of drug-likeness (QED) is 0.183. The van der Waals surface area contributed by atoms with Gasteiger partial charge in [-0.05, 0) is 49.8 Å². The average molecular weight is 609 g/mol. The maximum atomic E-state index is 11.9. The Balaban J connectivity index is 2.43. The summed E-state index contributed by atoms with van der Waals surface area (Å²) < 4.78 is 73.2. The minimum atomic E-state index is -4.47. The summed E-state index contributed by atoms with van der Waals surface area (Å²) in [6.45, 7) is 8.04. The normalized spacial score (nSPS) is 28.2. The van der Waals surface area contributed by atoms with Gasteiger partial charge in [-0.15, -0.1) is 0 Å². The highest BCUT2D eigenvalue weighted by Gasteiger charge is 2.66. The molecular weight excluding hydrogens is 564 g/mol. The van der Waals surface area contributed by atoms with Crippen molar-refractivity contribution in [2.75, 3.05) is 12.4 Å². The molecule has 4 unspecified atom stereocenters. The molecule has 0 radical (unpaired) electrons. The molecule has 2 aliphatic rings. The summed E-state index contributed by atoms with van der Waals surface area (Å²) in [6, 6.07) is 4.78. The van der Waals surface area contributed by atoms with Gasteiger partial charge in [0.05, 0.1) is 10.6 Å². The molecule has 0 saturated carbocycles. The molecule has 11 heteroatoms. The van der Waals surface area contributed by atoms with Gasteiger partial charge in [0.1, 0.15) is 5.60 Å². The number of ether oxygens (including phenoxy) is 1. The monoisotopic (exact) mass is 608 g/mol. The first kappa shape index (κ1) is 33.4. The predicted octanol–water partition coefficient (Wildman–Crippen LogP) is 4.68. The second-order valence-electron chi connectivity index (χ2n) is 10.9. The van der Waals surface area contributed by atoms with Crippen molar-refractivity contribution < 1.29 is 30.7 Å². The molecule has 0 fully saturated rings. The lowest BCUT2D eigenvalue weighted by Crippen LogP contribution is -2.67. The summed E-state index contributed by atoms with van der Waals surface area (Å²) in [5.41, 5.74) is 13.6. The Hall–Kier alpha value is -2.12. The van der Waals surface area contributed by atoms with Gasteiger partial charge in [-0.2, -0.15) is 16.8 Å². The minimum Gasteiger partial charge on any atom is -0.368 e. The fourth-order valence-corrected chi connectivity index (χ4v) is 7.60. The van der Waals surface area contributed by atoms with Crippen molar-refractivity contribution in [3.63, 3.8) is 0 Å². The van der Waals surface area contributed by atoms with Gasteiger partial charge >= 0.3 is 0 Å². The van der Waals surface area contributed by atoms with Crippen LogP contribution in [-0.4, -0.2) is 50.4 Å². The van der Waals surface area contributed by atoms with E-state index >= 15 is 0 Å². The van der Waals surface area contributed by atoms with Crippen LogP contribution >= 0.6 is 0 Å². The van der Waals surface area contributed by atoms with E-state index in [0.717, 1.165) is 24.0 Å². The van der Waals surface area contributed by atoms with E-state index in [4.69, 9.17) is 16.2 Å². The van der Waals surface area contributed by atoms with Crippen LogP contribution in [0.25, 0.3) is 0 Å². The van der Waals surface area contributed by atoms with Crippen molar-refractivity contribution in [3.8, 4) is 0 Å². The third-order valence-corrected chi connectivity index (χ3v) is 10.6. The molecular formula is C30H44N2O7S2. The fourth-order valence-electron chi connectivity index (χ4n) is 6.64. The maximum absolute atomic E-state index is 11.9. The molecule has 0 heterocycles. The molecule has 0 amide bonds. The Morgan fingerprint density at radius 3 is 1.63 bits per heavy atom. The van der Waals surface area contributed by atoms with E-state index in [1.807, 2.05) is 52.0 Å². The zero-order valence-electron chi connectivity index (χ0n) is 24.3. The Morgan fingerprint density at radius 1 is 0.829 bits per heavy atom. The van der Waals surface area contributed by atoms with Gasteiger partial charge in [0, 0.05) is 29.5 Å². The molecule has 0 aromatic heterocycles. The topological polar surface area (TPSA) is 170 Å². The van der Waals surface area contributed by atoms with E-state index in [9.17, 15) is 25.9 Å². The number of rotatable bonds is 13. The zero-order chi connectivity index (χ0) is 30.7. The second kappa shape index (κ2) is 12.6. The van der Waals surface area contributed by atoms with Crippen LogP contribution in [-0.2, 0) is 30.6 Å². The van der Waals surface area contributed by atoms with Gasteiger partial charge in [0.25, 0.3) is 20.2 Å². The van der Waals surface area contributed by atoms with E-state index in [2.05, 4.69) is 12.2 Å². The summed E-state index contributed by atoms with van der Waals surface area (Å²) >= 11 is 0. The van der Waals surface area contributed by atoms with Crippen molar-refractivity contribution in [2.24, 2.45) is 22.3 Å². The summed E-state index contributed by atoms with van der Waals surface area (Å²) in [5, 5.41) is 0. The van der Waals surface area contributed by atoms with E-state index in [1.54, 1.807) is 12.1 Å². The van der Waals surface area contributed by atoms with Gasteiger partial charge in [-0.3, -0.25) is 9.11 Å². The van der Waals surface area contributed by atoms with Crippen LogP contribution in [0.15, 0.2) is 76.8 Å². The molecule has 3 rings (SSSR count). The Labute approximate surface area is 244 Å². The van der Waals surface area contributed by atoms with Crippen LogP contribution in [0.2, 0.25) is 0 Å². The van der Waals surface area contributed by atoms with E-state index < -0.39 is 54.5 Å². The second-order valence-corrected chi connectivity index (χ2v) is 13.9. The number of allylic oxidation sites excluding steroid dienone is 4. The SMILES string of the molecule is CCC1=CC(N)C(CC)(C(OCCCS(=O)(=O)O)(c2ccc(S(=O)(=O)O)cc2)C2(CC)C=CC(CC)=CC2N)C=C1. The third-order valence-electron chi connectivity index (χ3n) is 8.89. The smallest absolute Gasteiger partial charge is 0.294 e. The van der Waals surface area contributed by atoms with Crippen molar-refractivity contribution >= 4 is 20.2 Å². The standard InChI is InChI=1S/C30H44N2O7S2/c1-5-22-14-16-28(7-3,26(31)20-22)30(39-18-9-19-40(33,34)35,24-10-12-25(13-11-24)41(36,37)38)29(8-4)17-15-23(6-2)21-27(29)32/h10-17,20-21,26-27H,5-9,18-19,31-32H2,1-4H3,(H,33,34,35)(H,36,37,38). The van der Waals surface area contributed by atoms with Crippen LogP contribution in [0, 0.1) is 10.8 Å². The zero-order valence-corrected chi connectivity index (χ0v) is 25.9. The lowest BCUT2D eigenvalue weighted by molar-refractivity contribution is -0.200. The largest absolute Gasteiger partial charge is 0.368 e. The van der Waals surface area contributed by atoms with Crippen LogP contribution < -0.4 is 11.5 Å². The number of hydrogen-bond acceptors (Lipinski definition) is 7. The fraction of sp³-hybridized carbons (Fsp3) is 0.533. The van der Waals surface area contributed by atoms with E-state index in [-0.39, 0.29) is 17.9 Å². The molecule has 4 atom stereocenters. The molecule has 6 N–H and O–H groups in total. The average Bonchev–Trinajstić information content (AvgIpc) is 2.93. The van der Waals surface area contributed by atoms with Gasteiger partial charge in [0.2, 0.25) is 0 Å². The molecule has 9 nitrogen and oxygen atoms in total. The van der Waals surface area contributed by atoms with Gasteiger partial charge in [0.15, 0.2) is 0 Å². The Bertz CT molecular complexity index is 1380. The highest BCUT2D eigenvalue weighted by Crippen LogP contribution is 2.63. The first-order chi connectivity index (χ1) is 19.2. The number of benzene rings is 1. The van der Waals surface area contributed by atoms with E-state index in [1.165, 1.54) is 12.1 Å². The van der Waals surface area contributed by atoms with Crippen molar-refractivity contribution in [2.45, 2.75) is 82.4 Å². The van der Waals surface area contributed by atoms with Crippen LogP contribution in [0.5, 0.6) is 0 Å². The summed E-state index contributed by atoms with van der Waals surface area (Å²) in [7, 11) is -8.70. The third kappa shape index (κ3) is 6.17. The molecule has 0 bridgehead atoms.